The second-order valence-electron chi connectivity index (χ2n) is 1.66. The van der Waals surface area contributed by atoms with Gasteiger partial charge in [0.05, 0.1) is 0 Å². The van der Waals surface area contributed by atoms with Crippen LogP contribution in [0.15, 0.2) is 30.5 Å². The van der Waals surface area contributed by atoms with Gasteiger partial charge in [0.15, 0.2) is 0 Å². The Hall–Kier alpha value is 0.189. The molecule has 0 atom stereocenters. The van der Waals surface area contributed by atoms with E-state index >= 15 is 0 Å². The molecule has 0 aromatic rings. The Labute approximate surface area is 89.9 Å². The van der Waals surface area contributed by atoms with Gasteiger partial charge in [0.1, 0.15) is 0 Å². The molecule has 1 nitrogen and oxygen atoms in total. The Bertz CT molecular complexity index is 125. The molecule has 0 aliphatic heterocycles. The number of allylic oxidation sites excluding steroid dienone is 3. The van der Waals surface area contributed by atoms with Crippen LogP contribution in [-0.4, -0.2) is 8.41 Å². The minimum absolute atomic E-state index is 0. The summed E-state index contributed by atoms with van der Waals surface area (Å²) in [6.45, 7) is 8.90. The van der Waals surface area contributed by atoms with Crippen LogP contribution in [0.4, 0.5) is 0 Å². The van der Waals surface area contributed by atoms with Gasteiger partial charge in [0.2, 0.25) is 0 Å². The first kappa shape index (κ1) is 16.6. The molecule has 0 aliphatic rings. The fourth-order valence-corrected chi connectivity index (χ4v) is 0.216. The fourth-order valence-electron chi connectivity index (χ4n) is 0.216. The zero-order valence-electron chi connectivity index (χ0n) is 6.22. The summed E-state index contributed by atoms with van der Waals surface area (Å²) in [5, 5.41) is 0. The molecule has 0 fully saturated rings. The number of nitrogens with two attached hydrogens (primary N) is 1. The molecule has 0 spiro atoms. The van der Waals surface area contributed by atoms with Crippen molar-refractivity contribution in [3.8, 4) is 0 Å². The van der Waals surface area contributed by atoms with E-state index in [9.17, 15) is 0 Å². The quantitative estimate of drug-likeness (QED) is 0.409. The maximum absolute atomic E-state index is 5.16. The van der Waals surface area contributed by atoms with Crippen molar-refractivity contribution < 1.29 is 32.7 Å². The van der Waals surface area contributed by atoms with E-state index < -0.39 is 0 Å². The maximum atomic E-state index is 5.16. The third kappa shape index (κ3) is 15.7. The third-order valence-corrected chi connectivity index (χ3v) is 0.504. The second-order valence-corrected chi connectivity index (χ2v) is 1.66. The topological polar surface area (TPSA) is 26.0 Å². The molecule has 0 saturated heterocycles. The molecular weight excluding hydrogens is 198 g/mol. The minimum atomic E-state index is 0. The smallest absolute Gasteiger partial charge is 0 e. The van der Waals surface area contributed by atoms with E-state index in [1.807, 2.05) is 6.92 Å². The standard InChI is InChI=1S/C7H10N.B.Y/c1-6(2)4-5-7(3)8;;/h4H,1,3,8H2,2H3;;/q-1;;. The number of hydrogen-bond donors (Lipinski definition) is 1. The van der Waals surface area contributed by atoms with E-state index in [0.29, 0.717) is 5.70 Å². The van der Waals surface area contributed by atoms with Crippen LogP contribution in [0.1, 0.15) is 6.92 Å². The van der Waals surface area contributed by atoms with Gasteiger partial charge in [-0.25, -0.2) is 0 Å². The number of hydrogen-bond acceptors (Lipinski definition) is 1. The average Bonchev–Trinajstić information content (AvgIpc) is 1.61. The summed E-state index contributed by atoms with van der Waals surface area (Å²) in [4.78, 5) is 0. The molecule has 0 aromatic carbocycles. The SMILES string of the molecule is C=C(N)[C-]=CC(=C)C.[B].[Y]. The van der Waals surface area contributed by atoms with Gasteiger partial charge in [-0.15, -0.1) is 0 Å². The average molecular weight is 208 g/mol. The van der Waals surface area contributed by atoms with Crippen molar-refractivity contribution >= 4 is 8.41 Å². The molecule has 0 rings (SSSR count). The molecule has 4 radical (unpaired) electrons. The Morgan fingerprint density at radius 2 is 1.90 bits per heavy atom. The molecule has 0 bridgehead atoms. The van der Waals surface area contributed by atoms with E-state index in [-0.39, 0.29) is 41.1 Å². The van der Waals surface area contributed by atoms with E-state index in [2.05, 4.69) is 19.2 Å². The summed E-state index contributed by atoms with van der Waals surface area (Å²) in [5.74, 6) is 0. The monoisotopic (exact) mass is 208 g/mol. The van der Waals surface area contributed by atoms with Gasteiger partial charge < -0.3 is 5.73 Å². The van der Waals surface area contributed by atoms with Crippen molar-refractivity contribution in [1.29, 1.82) is 0 Å². The molecule has 3 heteroatoms. The van der Waals surface area contributed by atoms with Crippen molar-refractivity contribution in [2.75, 3.05) is 0 Å². The third-order valence-electron chi connectivity index (χ3n) is 0.504. The van der Waals surface area contributed by atoms with E-state index in [4.69, 9.17) is 5.73 Å². The van der Waals surface area contributed by atoms with Crippen LogP contribution in [0.2, 0.25) is 0 Å². The Balaban J connectivity index is -0.000000245. The van der Waals surface area contributed by atoms with Crippen LogP contribution in [0.25, 0.3) is 0 Å². The van der Waals surface area contributed by atoms with Crippen molar-refractivity contribution in [1.82, 2.24) is 0 Å². The maximum Gasteiger partial charge on any atom is 0 e. The summed E-state index contributed by atoms with van der Waals surface area (Å²) < 4.78 is 0. The molecule has 0 unspecified atom stereocenters. The second kappa shape index (κ2) is 9.19. The molecule has 0 heterocycles. The molecule has 0 amide bonds. The fraction of sp³-hybridized carbons (Fsp3) is 0.143. The minimum Gasteiger partial charge on any atom is -0.420 e. The van der Waals surface area contributed by atoms with Gasteiger partial charge >= 0.3 is 0 Å². The van der Waals surface area contributed by atoms with Crippen LogP contribution in [0.3, 0.4) is 0 Å². The Kier molecular flexibility index (Phi) is 15.3. The van der Waals surface area contributed by atoms with Crippen LogP contribution in [0.5, 0.6) is 0 Å². The van der Waals surface area contributed by atoms with E-state index in [0.717, 1.165) is 5.57 Å². The Morgan fingerprint density at radius 1 is 1.50 bits per heavy atom. The van der Waals surface area contributed by atoms with Crippen molar-refractivity contribution in [2.45, 2.75) is 6.92 Å². The molecule has 0 aliphatic carbocycles. The molecule has 0 aromatic heterocycles. The van der Waals surface area contributed by atoms with Gasteiger partial charge in [-0.1, -0.05) is 12.6 Å². The first-order valence-electron chi connectivity index (χ1n) is 2.32. The summed E-state index contributed by atoms with van der Waals surface area (Å²) in [5.41, 5.74) is 6.53. The molecule has 0 saturated carbocycles. The van der Waals surface area contributed by atoms with Crippen LogP contribution < -0.4 is 5.73 Å². The largest absolute Gasteiger partial charge is 0.420 e. The molecule has 50 valence electrons. The van der Waals surface area contributed by atoms with E-state index in [1.54, 1.807) is 6.08 Å². The van der Waals surface area contributed by atoms with Crippen LogP contribution in [0, 0.1) is 6.08 Å². The number of rotatable bonds is 2. The molecule has 10 heavy (non-hydrogen) atoms. The first-order chi connectivity index (χ1) is 3.63. The zero-order valence-corrected chi connectivity index (χ0v) is 9.06. The Morgan fingerprint density at radius 3 is 2.00 bits per heavy atom. The van der Waals surface area contributed by atoms with Crippen molar-refractivity contribution in [3.63, 3.8) is 0 Å². The predicted molar refractivity (Wildman–Crippen MR) is 41.7 cm³/mol. The summed E-state index contributed by atoms with van der Waals surface area (Å²) in [6.07, 6.45) is 4.40. The van der Waals surface area contributed by atoms with Crippen LogP contribution in [-0.2, 0) is 32.7 Å². The molecular formula is C7H10BNY-. The van der Waals surface area contributed by atoms with Gasteiger partial charge in [0, 0.05) is 41.1 Å². The van der Waals surface area contributed by atoms with Crippen molar-refractivity contribution in [3.05, 3.63) is 36.6 Å². The molecule has 2 N–H and O–H groups in total. The van der Waals surface area contributed by atoms with Gasteiger partial charge in [-0.3, -0.25) is 0 Å². The summed E-state index contributed by atoms with van der Waals surface area (Å²) in [6, 6.07) is 0. The zero-order chi connectivity index (χ0) is 6.57. The van der Waals surface area contributed by atoms with Crippen LogP contribution >= 0.6 is 0 Å². The van der Waals surface area contributed by atoms with Gasteiger partial charge in [-0.2, -0.15) is 30.9 Å². The predicted octanol–water partition coefficient (Wildman–Crippen LogP) is 1.01. The van der Waals surface area contributed by atoms with Gasteiger partial charge in [-0.05, 0) is 0 Å². The van der Waals surface area contributed by atoms with E-state index in [1.165, 1.54) is 0 Å². The first-order valence-corrected chi connectivity index (χ1v) is 2.32. The summed E-state index contributed by atoms with van der Waals surface area (Å²) >= 11 is 0. The summed E-state index contributed by atoms with van der Waals surface area (Å²) in [7, 11) is 0. The van der Waals surface area contributed by atoms with Crippen molar-refractivity contribution in [2.24, 2.45) is 5.73 Å². The normalized spacial score (nSPS) is 7.70. The van der Waals surface area contributed by atoms with Gasteiger partial charge in [0.25, 0.3) is 0 Å².